The minimum Gasteiger partial charge on any atom is -0.360 e. The van der Waals surface area contributed by atoms with Crippen molar-refractivity contribution in [1.29, 1.82) is 0 Å². The van der Waals surface area contributed by atoms with Gasteiger partial charge in [-0.25, -0.2) is 0 Å². The van der Waals surface area contributed by atoms with Gasteiger partial charge in [-0.05, 0) is 20.8 Å². The Morgan fingerprint density at radius 2 is 2.37 bits per heavy atom. The van der Waals surface area contributed by atoms with E-state index in [1.165, 1.54) is 0 Å². The van der Waals surface area contributed by atoms with Crippen LogP contribution in [0.2, 0.25) is 0 Å². The van der Waals surface area contributed by atoms with E-state index >= 15 is 0 Å². The molecule has 19 heavy (non-hydrogen) atoms. The molecular weight excluding hydrogens is 266 g/mol. The highest BCUT2D eigenvalue weighted by Gasteiger charge is 2.34. The lowest BCUT2D eigenvalue weighted by molar-refractivity contribution is -0.118. The number of aryl methyl sites for hydroxylation is 1. The van der Waals surface area contributed by atoms with E-state index in [4.69, 9.17) is 4.52 Å². The molecule has 2 rings (SSSR count). The zero-order valence-corrected chi connectivity index (χ0v) is 12.2. The highest BCUT2D eigenvalue weighted by molar-refractivity contribution is 7.85. The molecule has 1 atom stereocenters. The molecule has 1 saturated heterocycles. The lowest BCUT2D eigenvalue weighted by Crippen LogP contribution is -2.55. The molecule has 0 radical (unpaired) electrons. The fourth-order valence-electron chi connectivity index (χ4n) is 2.15. The number of carbonyl (C=O) groups is 1. The van der Waals surface area contributed by atoms with Gasteiger partial charge in [-0.15, -0.1) is 0 Å². The van der Waals surface area contributed by atoms with Gasteiger partial charge in [0.2, 0.25) is 5.91 Å². The molecule has 0 unspecified atom stereocenters. The Hall–Kier alpha value is -1.21. The van der Waals surface area contributed by atoms with Crippen LogP contribution < -0.4 is 5.32 Å². The maximum Gasteiger partial charge on any atom is 0.239 e. The van der Waals surface area contributed by atoms with E-state index < -0.39 is 10.8 Å². The average molecular weight is 285 g/mol. The predicted octanol–water partition coefficient (Wildman–Crippen LogP) is 0.764. The van der Waals surface area contributed by atoms with Gasteiger partial charge in [0.1, 0.15) is 5.76 Å². The second-order valence-electron chi connectivity index (χ2n) is 5.39. The van der Waals surface area contributed by atoms with E-state index in [2.05, 4.69) is 15.4 Å². The third kappa shape index (κ3) is 3.63. The van der Waals surface area contributed by atoms with E-state index in [1.54, 1.807) is 13.0 Å². The number of carbonyl (C=O) groups excluding carboxylic acids is 1. The number of rotatable bonds is 3. The number of nitrogens with one attached hydrogen (secondary N) is 1. The second-order valence-corrected chi connectivity index (χ2v) is 6.97. The Balaban J connectivity index is 1.93. The molecule has 1 aliphatic rings. The Labute approximate surface area is 115 Å². The number of amides is 1. The standard InChI is InChI=1S/C12H19N3O3S/c1-9-6-10(14-18-9)13-11(16)7-15-4-5-19(17)8-12(15,2)3/h6H,4-5,7-8H2,1-3H3,(H,13,14,16)/t19-/m1/s1. The van der Waals surface area contributed by atoms with Gasteiger partial charge < -0.3 is 9.84 Å². The molecule has 7 heteroatoms. The monoisotopic (exact) mass is 285 g/mol. The van der Waals surface area contributed by atoms with E-state index in [-0.39, 0.29) is 18.0 Å². The first-order chi connectivity index (χ1) is 8.87. The summed E-state index contributed by atoms with van der Waals surface area (Å²) < 4.78 is 16.5. The number of hydrogen-bond acceptors (Lipinski definition) is 5. The summed E-state index contributed by atoms with van der Waals surface area (Å²) in [6, 6.07) is 1.67. The SMILES string of the molecule is Cc1cc(NC(=O)CN2CC[S@@](=O)CC2(C)C)no1. The van der Waals surface area contributed by atoms with Gasteiger partial charge in [0.25, 0.3) is 0 Å². The van der Waals surface area contributed by atoms with Crippen molar-refractivity contribution in [2.75, 3.05) is 29.9 Å². The fourth-order valence-corrected chi connectivity index (χ4v) is 3.69. The van der Waals surface area contributed by atoms with Crippen LogP contribution in [0.1, 0.15) is 19.6 Å². The van der Waals surface area contributed by atoms with Gasteiger partial charge >= 0.3 is 0 Å². The Morgan fingerprint density at radius 3 is 2.95 bits per heavy atom. The van der Waals surface area contributed by atoms with Gasteiger partial charge in [-0.2, -0.15) is 0 Å². The largest absolute Gasteiger partial charge is 0.360 e. The van der Waals surface area contributed by atoms with Crippen molar-refractivity contribution in [2.24, 2.45) is 0 Å². The van der Waals surface area contributed by atoms with Crippen molar-refractivity contribution in [3.8, 4) is 0 Å². The summed E-state index contributed by atoms with van der Waals surface area (Å²) in [6.45, 7) is 6.74. The number of anilines is 1. The van der Waals surface area contributed by atoms with Crippen LogP contribution in [0.4, 0.5) is 5.82 Å². The van der Waals surface area contributed by atoms with Crippen molar-refractivity contribution < 1.29 is 13.5 Å². The number of hydrogen-bond donors (Lipinski definition) is 1. The molecule has 1 amide bonds. The first kappa shape index (κ1) is 14.2. The van der Waals surface area contributed by atoms with E-state index in [0.717, 1.165) is 0 Å². The van der Waals surface area contributed by atoms with Crippen LogP contribution in [-0.4, -0.2) is 50.3 Å². The molecular formula is C12H19N3O3S. The molecule has 1 N–H and O–H groups in total. The zero-order valence-electron chi connectivity index (χ0n) is 11.4. The summed E-state index contributed by atoms with van der Waals surface area (Å²) in [5.41, 5.74) is -0.222. The smallest absolute Gasteiger partial charge is 0.239 e. The zero-order chi connectivity index (χ0) is 14.0. The van der Waals surface area contributed by atoms with Crippen molar-refractivity contribution in [3.63, 3.8) is 0 Å². The van der Waals surface area contributed by atoms with Crippen LogP contribution in [0, 0.1) is 6.92 Å². The summed E-state index contributed by atoms with van der Waals surface area (Å²) in [6.07, 6.45) is 0. The topological polar surface area (TPSA) is 75.4 Å². The summed E-state index contributed by atoms with van der Waals surface area (Å²) >= 11 is 0. The van der Waals surface area contributed by atoms with Gasteiger partial charge in [0.05, 0.1) is 6.54 Å². The highest BCUT2D eigenvalue weighted by Crippen LogP contribution is 2.20. The van der Waals surface area contributed by atoms with E-state index in [1.807, 2.05) is 13.8 Å². The lowest BCUT2D eigenvalue weighted by Gasteiger charge is -2.41. The molecule has 1 aromatic heterocycles. The van der Waals surface area contributed by atoms with Crippen molar-refractivity contribution in [2.45, 2.75) is 26.3 Å². The maximum absolute atomic E-state index is 11.9. The molecule has 1 aliphatic heterocycles. The average Bonchev–Trinajstić information content (AvgIpc) is 2.67. The van der Waals surface area contributed by atoms with Crippen molar-refractivity contribution >= 4 is 22.5 Å². The van der Waals surface area contributed by atoms with Crippen LogP contribution >= 0.6 is 0 Å². The molecule has 0 aliphatic carbocycles. The van der Waals surface area contributed by atoms with E-state index in [9.17, 15) is 9.00 Å². The molecule has 0 spiro atoms. The maximum atomic E-state index is 11.9. The number of nitrogens with zero attached hydrogens (tertiary/aromatic N) is 2. The van der Waals surface area contributed by atoms with E-state index in [0.29, 0.717) is 29.6 Å². The van der Waals surface area contributed by atoms with Crippen molar-refractivity contribution in [3.05, 3.63) is 11.8 Å². The lowest BCUT2D eigenvalue weighted by atomic mass is 10.1. The molecule has 1 fully saturated rings. The van der Waals surface area contributed by atoms with Gasteiger partial charge in [-0.1, -0.05) is 5.16 Å². The molecule has 2 heterocycles. The summed E-state index contributed by atoms with van der Waals surface area (Å²) in [4.78, 5) is 14.0. The van der Waals surface area contributed by atoms with Crippen LogP contribution in [0.3, 0.4) is 0 Å². The molecule has 0 bridgehead atoms. The van der Waals surface area contributed by atoms with Crippen LogP contribution in [-0.2, 0) is 15.6 Å². The fraction of sp³-hybridized carbons (Fsp3) is 0.667. The third-order valence-electron chi connectivity index (χ3n) is 3.19. The van der Waals surface area contributed by atoms with Gasteiger partial charge in [0, 0.05) is 40.5 Å². The molecule has 0 saturated carbocycles. The normalized spacial score (nSPS) is 23.2. The number of aromatic nitrogens is 1. The molecule has 6 nitrogen and oxygen atoms in total. The van der Waals surface area contributed by atoms with Crippen LogP contribution in [0.15, 0.2) is 10.6 Å². The van der Waals surface area contributed by atoms with Crippen LogP contribution in [0.25, 0.3) is 0 Å². The predicted molar refractivity (Wildman–Crippen MR) is 73.4 cm³/mol. The highest BCUT2D eigenvalue weighted by atomic mass is 32.2. The Kier molecular flexibility index (Phi) is 4.05. The van der Waals surface area contributed by atoms with Gasteiger partial charge in [-0.3, -0.25) is 13.9 Å². The first-order valence-corrected chi connectivity index (χ1v) is 7.69. The van der Waals surface area contributed by atoms with Crippen LogP contribution in [0.5, 0.6) is 0 Å². The Bertz CT molecular complexity index is 498. The quantitative estimate of drug-likeness (QED) is 0.887. The van der Waals surface area contributed by atoms with Gasteiger partial charge in [0.15, 0.2) is 5.82 Å². The molecule has 1 aromatic rings. The van der Waals surface area contributed by atoms with Crippen molar-refractivity contribution in [1.82, 2.24) is 10.1 Å². The Morgan fingerprint density at radius 1 is 1.63 bits per heavy atom. The minimum absolute atomic E-state index is 0.131. The minimum atomic E-state index is -0.780. The first-order valence-electron chi connectivity index (χ1n) is 6.20. The summed E-state index contributed by atoms with van der Waals surface area (Å²) in [5, 5.41) is 6.42. The third-order valence-corrected chi connectivity index (χ3v) is 4.86. The second kappa shape index (κ2) is 5.42. The molecule has 0 aromatic carbocycles. The molecule has 106 valence electrons. The summed E-state index contributed by atoms with van der Waals surface area (Å²) in [7, 11) is -0.780. The summed E-state index contributed by atoms with van der Waals surface area (Å²) in [5.74, 6) is 2.18.